The minimum atomic E-state index is -3.09. The standard InChI is InChI=1S/C10H10F2N2O5/c11-8(12)10(3-15)6(17)5-7(19-10)14-2-1-4(16)13-9(14)18-5/h1-2,5-8,15,17H,3H2/t5-,6-,7+,10+/m0/s1. The Kier molecular flexibility index (Phi) is 2.59. The first-order valence-electron chi connectivity index (χ1n) is 5.50. The van der Waals surface area contributed by atoms with E-state index >= 15 is 0 Å². The van der Waals surface area contributed by atoms with Crippen molar-refractivity contribution in [2.75, 3.05) is 6.61 Å². The summed E-state index contributed by atoms with van der Waals surface area (Å²) in [6, 6.07) is 1.01. The molecule has 7 nitrogen and oxygen atoms in total. The van der Waals surface area contributed by atoms with Crippen molar-refractivity contribution >= 4 is 0 Å². The Bertz CT molecular complexity index is 565. The second kappa shape index (κ2) is 3.95. The quantitative estimate of drug-likeness (QED) is 0.711. The monoisotopic (exact) mass is 276 g/mol. The van der Waals surface area contributed by atoms with Gasteiger partial charge in [-0.2, -0.15) is 4.98 Å². The highest BCUT2D eigenvalue weighted by molar-refractivity contribution is 5.14. The van der Waals surface area contributed by atoms with E-state index in [-0.39, 0.29) is 6.01 Å². The van der Waals surface area contributed by atoms with Crippen molar-refractivity contribution in [2.24, 2.45) is 0 Å². The molecule has 0 aliphatic carbocycles. The molecule has 0 unspecified atom stereocenters. The molecule has 3 heterocycles. The molecule has 0 radical (unpaired) electrons. The Labute approximate surface area is 105 Å². The molecule has 0 amide bonds. The number of aromatic nitrogens is 2. The number of hydrogen-bond donors (Lipinski definition) is 2. The fourth-order valence-electron chi connectivity index (χ4n) is 2.31. The van der Waals surface area contributed by atoms with Gasteiger partial charge in [-0.15, -0.1) is 0 Å². The van der Waals surface area contributed by atoms with Crippen molar-refractivity contribution in [1.82, 2.24) is 9.55 Å². The van der Waals surface area contributed by atoms with Gasteiger partial charge >= 0.3 is 6.01 Å². The van der Waals surface area contributed by atoms with E-state index in [0.717, 1.165) is 6.07 Å². The lowest BCUT2D eigenvalue weighted by Crippen LogP contribution is -2.53. The van der Waals surface area contributed by atoms with E-state index in [4.69, 9.17) is 14.6 Å². The molecule has 3 rings (SSSR count). The van der Waals surface area contributed by atoms with Crippen molar-refractivity contribution in [1.29, 1.82) is 0 Å². The van der Waals surface area contributed by atoms with Crippen LogP contribution in [0.4, 0.5) is 8.78 Å². The minimum Gasteiger partial charge on any atom is -0.453 e. The van der Waals surface area contributed by atoms with Crippen LogP contribution in [0.2, 0.25) is 0 Å². The SMILES string of the molecule is O=c1ccn2c(n1)O[C@@H]1[C@H]2O[C@@](CO)(C(F)F)[C@H]1O. The zero-order chi connectivity index (χ0) is 13.8. The fourth-order valence-corrected chi connectivity index (χ4v) is 2.31. The summed E-state index contributed by atoms with van der Waals surface area (Å²) in [6.07, 6.45) is -5.74. The van der Waals surface area contributed by atoms with Gasteiger partial charge in [0.25, 0.3) is 12.0 Å². The van der Waals surface area contributed by atoms with Crippen LogP contribution in [0.15, 0.2) is 17.1 Å². The summed E-state index contributed by atoms with van der Waals surface area (Å²) < 4.78 is 37.5. The van der Waals surface area contributed by atoms with Crippen LogP contribution in [-0.2, 0) is 4.74 Å². The molecule has 2 N–H and O–H groups in total. The number of hydrogen-bond acceptors (Lipinski definition) is 6. The van der Waals surface area contributed by atoms with E-state index in [1.807, 2.05) is 0 Å². The van der Waals surface area contributed by atoms with Gasteiger partial charge in [0.1, 0.15) is 6.10 Å². The van der Waals surface area contributed by atoms with Gasteiger partial charge in [-0.05, 0) is 0 Å². The number of nitrogens with zero attached hydrogens (tertiary/aromatic N) is 2. The smallest absolute Gasteiger partial charge is 0.302 e. The first-order valence-corrected chi connectivity index (χ1v) is 5.50. The summed E-state index contributed by atoms with van der Waals surface area (Å²) >= 11 is 0. The maximum atomic E-state index is 13.0. The molecule has 1 saturated heterocycles. The molecular formula is C10H10F2N2O5. The van der Waals surface area contributed by atoms with Crippen LogP contribution in [0.25, 0.3) is 0 Å². The molecule has 19 heavy (non-hydrogen) atoms. The van der Waals surface area contributed by atoms with E-state index in [9.17, 15) is 18.7 Å². The Morgan fingerprint density at radius 3 is 2.95 bits per heavy atom. The van der Waals surface area contributed by atoms with Crippen LogP contribution in [0.3, 0.4) is 0 Å². The lowest BCUT2D eigenvalue weighted by Gasteiger charge is -2.29. The van der Waals surface area contributed by atoms with Crippen molar-refractivity contribution in [3.8, 4) is 6.01 Å². The molecule has 0 bridgehead atoms. The van der Waals surface area contributed by atoms with Gasteiger partial charge in [0, 0.05) is 12.3 Å². The predicted molar refractivity (Wildman–Crippen MR) is 54.9 cm³/mol. The van der Waals surface area contributed by atoms with Gasteiger partial charge in [0.2, 0.25) is 0 Å². The first kappa shape index (κ1) is 12.5. The summed E-state index contributed by atoms with van der Waals surface area (Å²) in [6.45, 7) is -1.05. The molecule has 4 atom stereocenters. The predicted octanol–water partition coefficient (Wildman–Crippen LogP) is -1.11. The summed E-state index contributed by atoms with van der Waals surface area (Å²) in [5, 5.41) is 19.0. The second-order valence-electron chi connectivity index (χ2n) is 4.41. The summed E-state index contributed by atoms with van der Waals surface area (Å²) in [5.74, 6) is 0. The van der Waals surface area contributed by atoms with Crippen molar-refractivity contribution in [3.05, 3.63) is 22.6 Å². The molecule has 104 valence electrons. The molecule has 0 saturated carbocycles. The maximum absolute atomic E-state index is 13.0. The van der Waals surface area contributed by atoms with Crippen LogP contribution in [0.1, 0.15) is 6.23 Å². The van der Waals surface area contributed by atoms with Gasteiger partial charge < -0.3 is 19.7 Å². The Hall–Kier alpha value is -1.58. The van der Waals surface area contributed by atoms with Gasteiger partial charge in [-0.1, -0.05) is 0 Å². The molecule has 9 heteroatoms. The van der Waals surface area contributed by atoms with Crippen LogP contribution >= 0.6 is 0 Å². The average molecular weight is 276 g/mol. The van der Waals surface area contributed by atoms with Gasteiger partial charge in [0.05, 0.1) is 6.61 Å². The Balaban J connectivity index is 2.01. The molecule has 0 spiro atoms. The number of aliphatic hydroxyl groups is 2. The molecule has 2 aliphatic heterocycles. The maximum Gasteiger partial charge on any atom is 0.302 e. The number of alkyl halides is 2. The first-order chi connectivity index (χ1) is 8.99. The van der Waals surface area contributed by atoms with Crippen molar-refractivity contribution in [2.45, 2.75) is 30.5 Å². The molecular weight excluding hydrogens is 266 g/mol. The third kappa shape index (κ3) is 1.52. The second-order valence-corrected chi connectivity index (χ2v) is 4.41. The Morgan fingerprint density at radius 2 is 2.32 bits per heavy atom. The third-order valence-corrected chi connectivity index (χ3v) is 3.37. The van der Waals surface area contributed by atoms with Gasteiger partial charge in [-0.3, -0.25) is 9.36 Å². The third-order valence-electron chi connectivity index (χ3n) is 3.37. The van der Waals surface area contributed by atoms with Crippen molar-refractivity contribution < 1.29 is 28.5 Å². The number of aliphatic hydroxyl groups excluding tert-OH is 2. The van der Waals surface area contributed by atoms with E-state index in [0.29, 0.717) is 0 Å². The van der Waals surface area contributed by atoms with Crippen LogP contribution in [0, 0.1) is 0 Å². The van der Waals surface area contributed by atoms with E-state index in [1.54, 1.807) is 0 Å². The minimum absolute atomic E-state index is 0.109. The summed E-state index contributed by atoms with van der Waals surface area (Å²) in [5.41, 5.74) is -2.95. The summed E-state index contributed by atoms with van der Waals surface area (Å²) in [7, 11) is 0. The van der Waals surface area contributed by atoms with Crippen LogP contribution < -0.4 is 10.3 Å². The zero-order valence-corrected chi connectivity index (χ0v) is 9.44. The highest BCUT2D eigenvalue weighted by atomic mass is 19.3. The lowest BCUT2D eigenvalue weighted by molar-refractivity contribution is -0.196. The molecule has 1 aromatic heterocycles. The van der Waals surface area contributed by atoms with Crippen LogP contribution in [0.5, 0.6) is 6.01 Å². The number of halogens is 2. The van der Waals surface area contributed by atoms with E-state index < -0.39 is 42.6 Å². The number of rotatable bonds is 2. The number of fused-ring (bicyclic) bond motifs is 3. The van der Waals surface area contributed by atoms with Gasteiger partial charge in [-0.25, -0.2) is 8.78 Å². The van der Waals surface area contributed by atoms with E-state index in [1.165, 1.54) is 10.8 Å². The van der Waals surface area contributed by atoms with Gasteiger partial charge in [0.15, 0.2) is 17.9 Å². The highest BCUT2D eigenvalue weighted by Crippen LogP contribution is 2.46. The topological polar surface area (TPSA) is 93.8 Å². The number of ether oxygens (including phenoxy) is 2. The molecule has 0 aromatic carbocycles. The normalized spacial score (nSPS) is 36.2. The van der Waals surface area contributed by atoms with E-state index in [2.05, 4.69) is 4.98 Å². The average Bonchev–Trinajstić information content (AvgIpc) is 2.84. The molecule has 2 aliphatic rings. The zero-order valence-electron chi connectivity index (χ0n) is 9.44. The highest BCUT2D eigenvalue weighted by Gasteiger charge is 2.63. The fraction of sp³-hybridized carbons (Fsp3) is 0.600. The Morgan fingerprint density at radius 1 is 1.58 bits per heavy atom. The molecule has 1 aromatic rings. The molecule has 1 fully saturated rings. The van der Waals surface area contributed by atoms with Crippen molar-refractivity contribution in [3.63, 3.8) is 0 Å². The largest absolute Gasteiger partial charge is 0.453 e. The summed E-state index contributed by atoms with van der Waals surface area (Å²) in [4.78, 5) is 14.6. The van der Waals surface area contributed by atoms with Crippen LogP contribution in [-0.4, -0.2) is 50.6 Å². The lowest BCUT2D eigenvalue weighted by atomic mass is 9.97.